The number of phenolic OH excluding ortho intramolecular Hbond substituents is 1. The minimum Gasteiger partial charge on any atom is -0.508 e. The lowest BCUT2D eigenvalue weighted by Gasteiger charge is -2.14. The number of likely N-dealkylation sites (tertiary alicyclic amines) is 1. The molecule has 1 N–H and O–H groups in total. The predicted molar refractivity (Wildman–Crippen MR) is 101 cm³/mol. The van der Waals surface area contributed by atoms with Crippen LogP contribution in [0, 0.1) is 11.8 Å². The Kier molecular flexibility index (Phi) is 4.92. The van der Waals surface area contributed by atoms with Crippen molar-refractivity contribution in [1.82, 2.24) is 4.90 Å². The number of aromatic hydroxyl groups is 1. The first kappa shape index (κ1) is 18.9. The standard InChI is InChI=1S/C21H19NO7/c23-13-5-6-14-12(9-19(25)29-17(14)10-13)11-28-18(24)7-8-22-20(26)15-3-1-2-4-16(15)21(22)27/h1-2,5-6,9-10,15-16,23H,3-4,7-8,11H2/t15-,16+. The number of amides is 2. The van der Waals surface area contributed by atoms with Crippen LogP contribution in [0.4, 0.5) is 0 Å². The van der Waals surface area contributed by atoms with E-state index in [1.807, 2.05) is 12.2 Å². The number of nitrogens with zero attached hydrogens (tertiary/aromatic N) is 1. The molecule has 29 heavy (non-hydrogen) atoms. The first-order chi connectivity index (χ1) is 13.9. The van der Waals surface area contributed by atoms with Crippen LogP contribution in [0.25, 0.3) is 11.0 Å². The first-order valence-corrected chi connectivity index (χ1v) is 9.35. The van der Waals surface area contributed by atoms with Gasteiger partial charge >= 0.3 is 11.6 Å². The Morgan fingerprint density at radius 1 is 1.10 bits per heavy atom. The molecular weight excluding hydrogens is 378 g/mol. The second-order valence-corrected chi connectivity index (χ2v) is 7.17. The van der Waals surface area contributed by atoms with Gasteiger partial charge in [0.25, 0.3) is 0 Å². The van der Waals surface area contributed by atoms with E-state index in [1.54, 1.807) is 6.07 Å². The van der Waals surface area contributed by atoms with Gasteiger partial charge in [-0.25, -0.2) is 4.79 Å². The molecule has 1 fully saturated rings. The molecule has 1 aromatic carbocycles. The molecule has 1 aliphatic carbocycles. The number of hydrogen-bond acceptors (Lipinski definition) is 7. The Balaban J connectivity index is 1.38. The highest BCUT2D eigenvalue weighted by molar-refractivity contribution is 6.05. The van der Waals surface area contributed by atoms with E-state index in [2.05, 4.69) is 0 Å². The minimum absolute atomic E-state index is 0.0188. The number of imide groups is 1. The maximum Gasteiger partial charge on any atom is 0.336 e. The number of phenols is 1. The Hall–Kier alpha value is -3.42. The summed E-state index contributed by atoms with van der Waals surface area (Å²) in [5, 5.41) is 10.1. The van der Waals surface area contributed by atoms with Crippen molar-refractivity contribution in [2.24, 2.45) is 11.8 Å². The molecule has 0 saturated carbocycles. The number of rotatable bonds is 5. The fourth-order valence-corrected chi connectivity index (χ4v) is 3.86. The van der Waals surface area contributed by atoms with Gasteiger partial charge in [0, 0.05) is 29.6 Å². The Morgan fingerprint density at radius 3 is 2.48 bits per heavy atom. The quantitative estimate of drug-likeness (QED) is 0.355. The van der Waals surface area contributed by atoms with Gasteiger partial charge in [0.1, 0.15) is 17.9 Å². The molecule has 2 aliphatic rings. The molecule has 1 aromatic heterocycles. The molecule has 8 heteroatoms. The van der Waals surface area contributed by atoms with Crippen molar-refractivity contribution >= 4 is 28.8 Å². The number of carbonyl (C=O) groups excluding carboxylic acids is 3. The normalized spacial score (nSPS) is 20.9. The van der Waals surface area contributed by atoms with E-state index >= 15 is 0 Å². The van der Waals surface area contributed by atoms with Gasteiger partial charge in [-0.3, -0.25) is 19.3 Å². The summed E-state index contributed by atoms with van der Waals surface area (Å²) in [7, 11) is 0. The molecule has 2 heterocycles. The van der Waals surface area contributed by atoms with Crippen molar-refractivity contribution < 1.29 is 28.6 Å². The van der Waals surface area contributed by atoms with Crippen molar-refractivity contribution in [2.45, 2.75) is 25.9 Å². The van der Waals surface area contributed by atoms with Gasteiger partial charge in [0.05, 0.1) is 18.3 Å². The molecule has 0 radical (unpaired) electrons. The van der Waals surface area contributed by atoms with Crippen LogP contribution in [-0.2, 0) is 25.7 Å². The lowest BCUT2D eigenvalue weighted by Crippen LogP contribution is -2.33. The van der Waals surface area contributed by atoms with Crippen molar-refractivity contribution in [3.8, 4) is 5.75 Å². The molecule has 4 rings (SSSR count). The topological polar surface area (TPSA) is 114 Å². The van der Waals surface area contributed by atoms with Crippen molar-refractivity contribution in [3.05, 3.63) is 52.4 Å². The van der Waals surface area contributed by atoms with E-state index in [9.17, 15) is 24.3 Å². The van der Waals surface area contributed by atoms with Crippen LogP contribution in [0.1, 0.15) is 24.8 Å². The molecule has 150 valence electrons. The van der Waals surface area contributed by atoms with E-state index < -0.39 is 11.6 Å². The first-order valence-electron chi connectivity index (χ1n) is 9.35. The third-order valence-corrected chi connectivity index (χ3v) is 5.34. The number of ether oxygens (including phenoxy) is 1. The van der Waals surface area contributed by atoms with Gasteiger partial charge < -0.3 is 14.3 Å². The van der Waals surface area contributed by atoms with Gasteiger partial charge in [-0.05, 0) is 25.0 Å². The molecule has 2 atom stereocenters. The molecular formula is C21H19NO7. The summed E-state index contributed by atoms with van der Waals surface area (Å²) >= 11 is 0. The van der Waals surface area contributed by atoms with Crippen molar-refractivity contribution in [2.75, 3.05) is 6.54 Å². The fraction of sp³-hybridized carbons (Fsp3) is 0.333. The van der Waals surface area contributed by atoms with Gasteiger partial charge in [0.15, 0.2) is 0 Å². The lowest BCUT2D eigenvalue weighted by atomic mass is 9.85. The smallest absolute Gasteiger partial charge is 0.336 e. The van der Waals surface area contributed by atoms with E-state index in [4.69, 9.17) is 9.15 Å². The van der Waals surface area contributed by atoms with Crippen LogP contribution in [0.5, 0.6) is 5.75 Å². The Morgan fingerprint density at radius 2 is 1.79 bits per heavy atom. The highest BCUT2D eigenvalue weighted by Gasteiger charge is 2.46. The maximum absolute atomic E-state index is 12.4. The number of hydrogen-bond donors (Lipinski definition) is 1. The average molecular weight is 397 g/mol. The fourth-order valence-electron chi connectivity index (χ4n) is 3.86. The van der Waals surface area contributed by atoms with Crippen LogP contribution in [0.15, 0.2) is 45.6 Å². The zero-order valence-corrected chi connectivity index (χ0v) is 15.5. The second-order valence-electron chi connectivity index (χ2n) is 7.17. The average Bonchev–Trinajstić information content (AvgIpc) is 2.94. The molecule has 1 saturated heterocycles. The third-order valence-electron chi connectivity index (χ3n) is 5.34. The summed E-state index contributed by atoms with van der Waals surface area (Å²) < 4.78 is 10.3. The molecule has 0 unspecified atom stereocenters. The molecule has 1 aliphatic heterocycles. The van der Waals surface area contributed by atoms with E-state index in [0.717, 1.165) is 4.90 Å². The van der Waals surface area contributed by atoms with E-state index in [1.165, 1.54) is 18.2 Å². The molecule has 2 amide bonds. The summed E-state index contributed by atoms with van der Waals surface area (Å²) in [4.78, 5) is 49.8. The van der Waals surface area contributed by atoms with Gasteiger partial charge in [-0.15, -0.1) is 0 Å². The van der Waals surface area contributed by atoms with Crippen LogP contribution < -0.4 is 5.63 Å². The lowest BCUT2D eigenvalue weighted by molar-refractivity contribution is -0.146. The number of carbonyl (C=O) groups is 3. The monoisotopic (exact) mass is 397 g/mol. The highest BCUT2D eigenvalue weighted by Crippen LogP contribution is 2.35. The third kappa shape index (κ3) is 3.65. The zero-order valence-electron chi connectivity index (χ0n) is 15.5. The predicted octanol–water partition coefficient (Wildman–Crippen LogP) is 1.88. The zero-order chi connectivity index (χ0) is 20.5. The number of benzene rings is 1. The molecule has 0 bridgehead atoms. The van der Waals surface area contributed by atoms with Crippen molar-refractivity contribution in [1.29, 1.82) is 0 Å². The Bertz CT molecular complexity index is 1060. The van der Waals surface area contributed by atoms with Crippen LogP contribution in [-0.4, -0.2) is 34.3 Å². The van der Waals surface area contributed by atoms with Gasteiger partial charge in [-0.1, -0.05) is 12.2 Å². The number of esters is 1. The van der Waals surface area contributed by atoms with Gasteiger partial charge in [0.2, 0.25) is 11.8 Å². The van der Waals surface area contributed by atoms with Crippen molar-refractivity contribution in [3.63, 3.8) is 0 Å². The summed E-state index contributed by atoms with van der Waals surface area (Å²) in [6.07, 6.45) is 4.80. The summed E-state index contributed by atoms with van der Waals surface area (Å²) in [5.41, 5.74) is 0.00154. The highest BCUT2D eigenvalue weighted by atomic mass is 16.5. The summed E-state index contributed by atoms with van der Waals surface area (Å²) in [5.74, 6) is -1.75. The van der Waals surface area contributed by atoms with Crippen LogP contribution >= 0.6 is 0 Å². The van der Waals surface area contributed by atoms with Gasteiger partial charge in [-0.2, -0.15) is 0 Å². The second kappa shape index (κ2) is 7.54. The van der Waals surface area contributed by atoms with Crippen LogP contribution in [0.3, 0.4) is 0 Å². The van der Waals surface area contributed by atoms with E-state index in [0.29, 0.717) is 23.8 Å². The maximum atomic E-state index is 12.4. The molecule has 8 nitrogen and oxygen atoms in total. The largest absolute Gasteiger partial charge is 0.508 e. The molecule has 0 spiro atoms. The summed E-state index contributed by atoms with van der Waals surface area (Å²) in [6, 6.07) is 5.53. The van der Waals surface area contributed by atoms with E-state index in [-0.39, 0.29) is 54.6 Å². The summed E-state index contributed by atoms with van der Waals surface area (Å²) in [6.45, 7) is -0.183. The SMILES string of the molecule is O=C(CCN1C(=O)[C@H]2CC=CC[C@H]2C1=O)OCc1cc(=O)oc2cc(O)ccc12. The molecule has 2 aromatic rings. The number of fused-ring (bicyclic) bond motifs is 2. The minimum atomic E-state index is -0.626. The Labute approximate surface area is 165 Å². The number of allylic oxidation sites excluding steroid dienone is 2. The van der Waals surface area contributed by atoms with Crippen LogP contribution in [0.2, 0.25) is 0 Å².